The Labute approximate surface area is 175 Å². The second kappa shape index (κ2) is 7.39. The quantitative estimate of drug-likeness (QED) is 0.598. The summed E-state index contributed by atoms with van der Waals surface area (Å²) in [6.45, 7) is 3.98. The Balaban J connectivity index is 1.66. The van der Waals surface area contributed by atoms with Crippen molar-refractivity contribution in [3.05, 3.63) is 69.6 Å². The van der Waals surface area contributed by atoms with Crippen LogP contribution >= 0.6 is 11.6 Å². The molecule has 0 unspecified atom stereocenters. The van der Waals surface area contributed by atoms with Crippen LogP contribution in [0.1, 0.15) is 45.8 Å². The van der Waals surface area contributed by atoms with Crippen molar-refractivity contribution in [2.45, 2.75) is 32.5 Å². The van der Waals surface area contributed by atoms with Gasteiger partial charge in [0.1, 0.15) is 5.69 Å². The van der Waals surface area contributed by atoms with Crippen molar-refractivity contribution in [3.63, 3.8) is 0 Å². The number of carbonyl (C=O) groups excluding carboxylic acids is 1. The Morgan fingerprint density at radius 2 is 2.00 bits per heavy atom. The smallest absolute Gasteiger partial charge is 0.330 e. The van der Waals surface area contributed by atoms with E-state index in [4.69, 9.17) is 11.6 Å². The van der Waals surface area contributed by atoms with E-state index in [1.165, 1.54) is 17.0 Å². The number of aryl methyl sites for hydroxylation is 1. The maximum atomic E-state index is 13.2. The lowest BCUT2D eigenvalue weighted by Crippen LogP contribution is -2.39. The molecule has 0 fully saturated rings. The fourth-order valence-electron chi connectivity index (χ4n) is 3.56. The van der Waals surface area contributed by atoms with Crippen molar-refractivity contribution in [2.75, 3.05) is 6.54 Å². The zero-order valence-electron chi connectivity index (χ0n) is 16.1. The Morgan fingerprint density at radius 1 is 1.23 bits per heavy atom. The number of nitrogens with zero attached hydrogens (tertiary/aromatic N) is 5. The first kappa shape index (κ1) is 20.3. The molecule has 1 amide bonds. The van der Waals surface area contributed by atoms with Crippen molar-refractivity contribution in [1.82, 2.24) is 24.9 Å². The molecule has 3 aromatic rings. The first-order chi connectivity index (χ1) is 14.2. The van der Waals surface area contributed by atoms with E-state index in [-0.39, 0.29) is 5.56 Å². The number of hydrogen-bond donors (Lipinski definition) is 0. The van der Waals surface area contributed by atoms with E-state index in [1.54, 1.807) is 17.8 Å². The lowest BCUT2D eigenvalue weighted by molar-refractivity contribution is -0.137. The summed E-state index contributed by atoms with van der Waals surface area (Å²) < 4.78 is 41.1. The zero-order chi connectivity index (χ0) is 21.6. The maximum absolute atomic E-state index is 13.2. The van der Waals surface area contributed by atoms with E-state index in [0.29, 0.717) is 24.5 Å². The summed E-state index contributed by atoms with van der Waals surface area (Å²) in [4.78, 5) is 18.9. The third-order valence-corrected chi connectivity index (χ3v) is 5.56. The number of halogens is 4. The SMILES string of the molecule is Cc1ccc(-n2nnc3c2CCN(C(=O)c2cccc(C(F)(F)F)c2Cl)[C@H]3C)nc1. The molecule has 6 nitrogen and oxygen atoms in total. The van der Waals surface area contributed by atoms with E-state index >= 15 is 0 Å². The van der Waals surface area contributed by atoms with E-state index in [2.05, 4.69) is 15.3 Å². The molecule has 0 N–H and O–H groups in total. The van der Waals surface area contributed by atoms with Gasteiger partial charge in [0.25, 0.3) is 5.91 Å². The molecule has 30 heavy (non-hydrogen) atoms. The molecular weight excluding hydrogens is 419 g/mol. The van der Waals surface area contributed by atoms with Crippen molar-refractivity contribution < 1.29 is 18.0 Å². The van der Waals surface area contributed by atoms with E-state index in [9.17, 15) is 18.0 Å². The van der Waals surface area contributed by atoms with Gasteiger partial charge in [-0.25, -0.2) is 4.98 Å². The predicted molar refractivity (Wildman–Crippen MR) is 104 cm³/mol. The number of aromatic nitrogens is 4. The minimum Gasteiger partial charge on any atom is -0.330 e. The average Bonchev–Trinajstić information content (AvgIpc) is 3.13. The van der Waals surface area contributed by atoms with Crippen LogP contribution in [0.5, 0.6) is 0 Å². The molecule has 1 aromatic carbocycles. The molecule has 3 heterocycles. The minimum absolute atomic E-state index is 0.186. The van der Waals surface area contributed by atoms with Gasteiger partial charge in [-0.15, -0.1) is 5.10 Å². The molecule has 1 aliphatic rings. The third kappa shape index (κ3) is 3.43. The molecule has 0 aliphatic carbocycles. The number of hydrogen-bond acceptors (Lipinski definition) is 4. The van der Waals surface area contributed by atoms with Gasteiger partial charge in [-0.1, -0.05) is 28.9 Å². The number of carbonyl (C=O) groups is 1. The van der Waals surface area contributed by atoms with Crippen LogP contribution in [0.4, 0.5) is 13.2 Å². The maximum Gasteiger partial charge on any atom is 0.417 e. The van der Waals surface area contributed by atoms with Gasteiger partial charge in [-0.2, -0.15) is 17.9 Å². The number of rotatable bonds is 2. The van der Waals surface area contributed by atoms with Crippen LogP contribution in [0, 0.1) is 6.92 Å². The zero-order valence-corrected chi connectivity index (χ0v) is 16.9. The molecule has 1 aliphatic heterocycles. The Bertz CT molecular complexity index is 1110. The van der Waals surface area contributed by atoms with Crippen molar-refractivity contribution in [2.24, 2.45) is 0 Å². The van der Waals surface area contributed by atoms with Crippen LogP contribution in [-0.2, 0) is 12.6 Å². The van der Waals surface area contributed by atoms with Crippen LogP contribution < -0.4 is 0 Å². The standard InChI is InChI=1S/C20H17ClF3N5O/c1-11-6-7-16(25-10-11)29-15-8-9-28(12(2)18(15)26-27-29)19(30)13-4-3-5-14(17(13)21)20(22,23)24/h3-7,10,12H,8-9H2,1-2H3/t12-/m0/s1. The highest BCUT2D eigenvalue weighted by molar-refractivity contribution is 6.34. The Morgan fingerprint density at radius 3 is 2.67 bits per heavy atom. The third-order valence-electron chi connectivity index (χ3n) is 5.15. The molecule has 156 valence electrons. The van der Waals surface area contributed by atoms with Crippen molar-refractivity contribution in [3.8, 4) is 5.82 Å². The molecule has 0 bridgehead atoms. The fourth-order valence-corrected chi connectivity index (χ4v) is 3.87. The van der Waals surface area contributed by atoms with Crippen LogP contribution in [0.25, 0.3) is 5.82 Å². The summed E-state index contributed by atoms with van der Waals surface area (Å²) >= 11 is 5.94. The second-order valence-electron chi connectivity index (χ2n) is 7.12. The van der Waals surface area contributed by atoms with Crippen molar-refractivity contribution >= 4 is 17.5 Å². The van der Waals surface area contributed by atoms with Gasteiger partial charge in [0.05, 0.1) is 27.9 Å². The minimum atomic E-state index is -4.64. The Hall–Kier alpha value is -2.94. The molecule has 2 aromatic heterocycles. The first-order valence-electron chi connectivity index (χ1n) is 9.22. The molecule has 0 spiro atoms. The summed E-state index contributed by atoms with van der Waals surface area (Å²) in [5, 5.41) is 7.78. The summed E-state index contributed by atoms with van der Waals surface area (Å²) in [6, 6.07) is 6.60. The van der Waals surface area contributed by atoms with Gasteiger partial charge in [0.2, 0.25) is 0 Å². The molecule has 0 radical (unpaired) electrons. The van der Waals surface area contributed by atoms with E-state index in [1.807, 2.05) is 19.1 Å². The summed E-state index contributed by atoms with van der Waals surface area (Å²) in [6.07, 6.45) is -2.48. The lowest BCUT2D eigenvalue weighted by Gasteiger charge is -2.33. The summed E-state index contributed by atoms with van der Waals surface area (Å²) in [5.41, 5.74) is 1.19. The fraction of sp³-hybridized carbons (Fsp3) is 0.300. The predicted octanol–water partition coefficient (Wildman–Crippen LogP) is 4.40. The number of fused-ring (bicyclic) bond motifs is 1. The molecule has 10 heteroatoms. The van der Waals surface area contributed by atoms with Gasteiger partial charge in [-0.05, 0) is 37.6 Å². The molecule has 0 saturated heterocycles. The van der Waals surface area contributed by atoms with Crippen molar-refractivity contribution in [1.29, 1.82) is 0 Å². The highest BCUT2D eigenvalue weighted by Gasteiger charge is 2.37. The van der Waals surface area contributed by atoms with Crippen LogP contribution in [-0.4, -0.2) is 37.3 Å². The molecule has 1 atom stereocenters. The normalized spacial score (nSPS) is 16.5. The summed E-state index contributed by atoms with van der Waals surface area (Å²) in [5.74, 6) is 0.0366. The van der Waals surface area contributed by atoms with Crippen LogP contribution in [0.3, 0.4) is 0 Å². The monoisotopic (exact) mass is 435 g/mol. The van der Waals surface area contributed by atoms with E-state index < -0.39 is 28.7 Å². The highest BCUT2D eigenvalue weighted by Crippen LogP contribution is 2.38. The van der Waals surface area contributed by atoms with Crippen LogP contribution in [0.2, 0.25) is 5.02 Å². The van der Waals surface area contributed by atoms with Gasteiger partial charge in [0.15, 0.2) is 5.82 Å². The lowest BCUT2D eigenvalue weighted by atomic mass is 10.0. The van der Waals surface area contributed by atoms with Gasteiger partial charge < -0.3 is 4.90 Å². The van der Waals surface area contributed by atoms with Gasteiger partial charge in [-0.3, -0.25) is 4.79 Å². The number of pyridine rings is 1. The number of amides is 1. The Kier molecular flexibility index (Phi) is 5.01. The van der Waals surface area contributed by atoms with Gasteiger partial charge in [0, 0.05) is 19.2 Å². The summed E-state index contributed by atoms with van der Waals surface area (Å²) in [7, 11) is 0. The largest absolute Gasteiger partial charge is 0.417 e. The topological polar surface area (TPSA) is 63.9 Å². The number of benzene rings is 1. The van der Waals surface area contributed by atoms with Crippen LogP contribution in [0.15, 0.2) is 36.5 Å². The molecule has 0 saturated carbocycles. The average molecular weight is 436 g/mol. The second-order valence-corrected chi connectivity index (χ2v) is 7.49. The highest BCUT2D eigenvalue weighted by atomic mass is 35.5. The van der Waals surface area contributed by atoms with E-state index in [0.717, 1.165) is 17.3 Å². The van der Waals surface area contributed by atoms with Gasteiger partial charge >= 0.3 is 6.18 Å². The first-order valence-corrected chi connectivity index (χ1v) is 9.60. The number of alkyl halides is 3. The molecule has 4 rings (SSSR count). The molecular formula is C20H17ClF3N5O.